The second-order valence-corrected chi connectivity index (χ2v) is 17.8. The van der Waals surface area contributed by atoms with Crippen LogP contribution >= 0.6 is 11.3 Å². The predicted octanol–water partition coefficient (Wildman–Crippen LogP) is 16.2. The Morgan fingerprint density at radius 1 is 0.354 bits per heavy atom. The molecule has 0 amide bonds. The number of furan rings is 1. The topological polar surface area (TPSA) is 56.7 Å². The van der Waals surface area contributed by atoms with Gasteiger partial charge in [0.15, 0.2) is 17.5 Å². The van der Waals surface area contributed by atoms with E-state index in [2.05, 4.69) is 205 Å². The molecule has 0 bridgehead atoms. The van der Waals surface area contributed by atoms with Gasteiger partial charge in [-0.2, -0.15) is 0 Å². The highest BCUT2D eigenvalue weighted by atomic mass is 32.1. The summed E-state index contributed by atoms with van der Waals surface area (Å²) in [6.45, 7) is 0. The van der Waals surface area contributed by atoms with Crippen LogP contribution in [-0.4, -0.2) is 19.5 Å². The Labute approximate surface area is 376 Å². The molecule has 0 atom stereocenters. The summed E-state index contributed by atoms with van der Waals surface area (Å²) in [6.07, 6.45) is 0. The highest BCUT2D eigenvalue weighted by Crippen LogP contribution is 2.42. The van der Waals surface area contributed by atoms with Crippen LogP contribution in [0.3, 0.4) is 0 Å². The summed E-state index contributed by atoms with van der Waals surface area (Å²) in [5, 5.41) is 11.7. The smallest absolute Gasteiger partial charge is 0.164 e. The van der Waals surface area contributed by atoms with Gasteiger partial charge in [-0.15, -0.1) is 11.3 Å². The van der Waals surface area contributed by atoms with Gasteiger partial charge in [0, 0.05) is 64.1 Å². The first kappa shape index (κ1) is 36.1. The van der Waals surface area contributed by atoms with Crippen LogP contribution in [0.1, 0.15) is 0 Å². The lowest BCUT2D eigenvalue weighted by atomic mass is 10.0. The van der Waals surface area contributed by atoms with Crippen molar-refractivity contribution in [1.29, 1.82) is 0 Å². The van der Waals surface area contributed by atoms with E-state index in [0.29, 0.717) is 17.5 Å². The van der Waals surface area contributed by atoms with Gasteiger partial charge in [0.25, 0.3) is 0 Å². The van der Waals surface area contributed by atoms with Crippen LogP contribution in [0.15, 0.2) is 211 Å². The Morgan fingerprint density at radius 2 is 1.03 bits per heavy atom. The molecule has 0 fully saturated rings. The summed E-state index contributed by atoms with van der Waals surface area (Å²) in [7, 11) is 0. The quantitative estimate of drug-likeness (QED) is 0.173. The zero-order valence-electron chi connectivity index (χ0n) is 34.7. The molecule has 14 aromatic rings. The van der Waals surface area contributed by atoms with E-state index >= 15 is 0 Å². The van der Waals surface area contributed by atoms with Gasteiger partial charge >= 0.3 is 0 Å². The van der Waals surface area contributed by atoms with E-state index in [1.165, 1.54) is 47.4 Å². The SMILES string of the molecule is c1ccc(-c2ccc(-c3nc(-c4ccc5c(c4)oc4ccc6ccc(-n7c8ccccc8c8cc9ccccc9cc87)cc6c45)nc(-c4cccc5sc6ccccc6c45)n3)cc2)cc1. The average molecular weight is 847 g/mol. The molecule has 5 nitrogen and oxygen atoms in total. The van der Waals surface area contributed by atoms with Crippen LogP contribution in [-0.2, 0) is 0 Å². The maximum absolute atomic E-state index is 6.75. The van der Waals surface area contributed by atoms with Crippen LogP contribution in [0.25, 0.3) is 136 Å². The lowest BCUT2D eigenvalue weighted by Crippen LogP contribution is -2.00. The Kier molecular flexibility index (Phi) is 7.79. The third-order valence-corrected chi connectivity index (χ3v) is 14.2. The van der Waals surface area contributed by atoms with E-state index in [1.54, 1.807) is 11.3 Å². The van der Waals surface area contributed by atoms with Gasteiger partial charge in [-0.3, -0.25) is 0 Å². The zero-order valence-corrected chi connectivity index (χ0v) is 35.6. The number of rotatable bonds is 5. The lowest BCUT2D eigenvalue weighted by Gasteiger charge is -2.11. The molecule has 14 rings (SSSR count). The van der Waals surface area contributed by atoms with Gasteiger partial charge in [0.2, 0.25) is 0 Å². The summed E-state index contributed by atoms with van der Waals surface area (Å²) < 4.78 is 11.6. The van der Waals surface area contributed by atoms with Crippen molar-refractivity contribution in [2.45, 2.75) is 0 Å². The van der Waals surface area contributed by atoms with Crippen molar-refractivity contribution < 1.29 is 4.42 Å². The molecule has 0 radical (unpaired) electrons. The summed E-state index contributed by atoms with van der Waals surface area (Å²) in [4.78, 5) is 15.7. The van der Waals surface area contributed by atoms with E-state index in [4.69, 9.17) is 19.4 Å². The molecule has 65 heavy (non-hydrogen) atoms. The highest BCUT2D eigenvalue weighted by molar-refractivity contribution is 7.25. The minimum absolute atomic E-state index is 0.585. The third-order valence-electron chi connectivity index (χ3n) is 13.0. The third kappa shape index (κ3) is 5.67. The van der Waals surface area contributed by atoms with Crippen molar-refractivity contribution in [3.63, 3.8) is 0 Å². The van der Waals surface area contributed by atoms with Crippen molar-refractivity contribution >= 4 is 96.8 Å². The fourth-order valence-electron chi connectivity index (χ4n) is 9.95. The monoisotopic (exact) mass is 846 g/mol. The number of benzene rings is 10. The summed E-state index contributed by atoms with van der Waals surface area (Å²) in [5.41, 5.74) is 10.1. The minimum Gasteiger partial charge on any atom is -0.456 e. The molecule has 0 aliphatic carbocycles. The summed E-state index contributed by atoms with van der Waals surface area (Å²) in [5.74, 6) is 1.83. The second-order valence-electron chi connectivity index (χ2n) is 16.8. The number of hydrogen-bond acceptors (Lipinski definition) is 5. The molecule has 302 valence electrons. The first-order valence-electron chi connectivity index (χ1n) is 21.8. The van der Waals surface area contributed by atoms with Crippen molar-refractivity contribution in [3.05, 3.63) is 206 Å². The molecule has 4 aromatic heterocycles. The molecule has 6 heteroatoms. The maximum Gasteiger partial charge on any atom is 0.164 e. The Hall–Kier alpha value is -8.45. The molecule has 0 unspecified atom stereocenters. The highest BCUT2D eigenvalue weighted by Gasteiger charge is 2.20. The normalized spacial score (nSPS) is 12.0. The number of hydrogen-bond donors (Lipinski definition) is 0. The van der Waals surface area contributed by atoms with Crippen molar-refractivity contribution in [1.82, 2.24) is 19.5 Å². The largest absolute Gasteiger partial charge is 0.456 e. The number of aromatic nitrogens is 4. The van der Waals surface area contributed by atoms with Gasteiger partial charge in [-0.1, -0.05) is 146 Å². The molecule has 0 saturated carbocycles. The molecule has 0 N–H and O–H groups in total. The number of thiophene rings is 1. The number of nitrogens with zero attached hydrogens (tertiary/aromatic N) is 4. The Bertz CT molecular complexity index is 4240. The van der Waals surface area contributed by atoms with Crippen LogP contribution in [0.5, 0.6) is 0 Å². The van der Waals surface area contributed by atoms with Crippen molar-refractivity contribution in [2.75, 3.05) is 0 Å². The average Bonchev–Trinajstić information content (AvgIpc) is 4.05. The van der Waals surface area contributed by atoms with Crippen LogP contribution in [0.4, 0.5) is 0 Å². The maximum atomic E-state index is 6.75. The zero-order chi connectivity index (χ0) is 42.6. The molecule has 4 heterocycles. The van der Waals surface area contributed by atoms with E-state index in [0.717, 1.165) is 71.6 Å². The molecule has 0 aliphatic heterocycles. The van der Waals surface area contributed by atoms with E-state index < -0.39 is 0 Å². The van der Waals surface area contributed by atoms with Gasteiger partial charge < -0.3 is 8.98 Å². The van der Waals surface area contributed by atoms with Gasteiger partial charge in [0.05, 0.1) is 11.0 Å². The van der Waals surface area contributed by atoms with Gasteiger partial charge in [-0.25, -0.2) is 15.0 Å². The first-order chi connectivity index (χ1) is 32.2. The predicted molar refractivity (Wildman–Crippen MR) is 271 cm³/mol. The van der Waals surface area contributed by atoms with Crippen LogP contribution in [0.2, 0.25) is 0 Å². The Balaban J connectivity index is 0.941. The molecule has 0 spiro atoms. The summed E-state index contributed by atoms with van der Waals surface area (Å²) in [6, 6.07) is 73.3. The fourth-order valence-corrected chi connectivity index (χ4v) is 11.1. The molecule has 10 aromatic carbocycles. The Morgan fingerprint density at radius 3 is 1.91 bits per heavy atom. The van der Waals surface area contributed by atoms with E-state index in [9.17, 15) is 0 Å². The van der Waals surface area contributed by atoms with Crippen LogP contribution in [0, 0.1) is 0 Å². The molecular formula is C59H34N4OS. The second kappa shape index (κ2) is 14.0. The standard InChI is InChI=1S/C59H34N4OS/c1-2-11-35(12-3-1)36-21-23-38(24-22-36)57-60-58(62-59(61-57)46-17-10-20-54-56(46)45-16-7-9-19-53(45)65-54)41-26-29-44-52(33-41)64-51-30-27-37-25-28-42(34-47(37)55(44)51)63-49-18-8-6-15-43(49)48-31-39-13-4-5-14-40(39)32-50(48)63/h1-34H. The van der Waals surface area contributed by atoms with E-state index in [-0.39, 0.29) is 0 Å². The minimum atomic E-state index is 0.585. The molecule has 0 aliphatic rings. The van der Waals surface area contributed by atoms with E-state index in [1.807, 2.05) is 6.07 Å². The molecular weight excluding hydrogens is 813 g/mol. The number of para-hydroxylation sites is 1. The lowest BCUT2D eigenvalue weighted by molar-refractivity contribution is 0.669. The first-order valence-corrected chi connectivity index (χ1v) is 22.6. The van der Waals surface area contributed by atoms with Gasteiger partial charge in [0.1, 0.15) is 11.2 Å². The number of fused-ring (bicyclic) bond motifs is 12. The van der Waals surface area contributed by atoms with Crippen LogP contribution < -0.4 is 0 Å². The fraction of sp³-hybridized carbons (Fsp3) is 0. The van der Waals surface area contributed by atoms with Crippen molar-refractivity contribution in [2.24, 2.45) is 0 Å². The van der Waals surface area contributed by atoms with Gasteiger partial charge in [-0.05, 0) is 93.3 Å². The summed E-state index contributed by atoms with van der Waals surface area (Å²) >= 11 is 1.79. The molecule has 0 saturated heterocycles. The van der Waals surface area contributed by atoms with Crippen molar-refractivity contribution in [3.8, 4) is 51.0 Å².